The van der Waals surface area contributed by atoms with E-state index in [2.05, 4.69) is 15.2 Å². The summed E-state index contributed by atoms with van der Waals surface area (Å²) in [5, 5.41) is 7.46. The lowest BCUT2D eigenvalue weighted by molar-refractivity contribution is -0.137. The molecular weight excluding hydrogens is 504 g/mol. The number of nitrogens with one attached hydrogen (secondary N) is 2. The second kappa shape index (κ2) is 10.7. The van der Waals surface area contributed by atoms with Crippen molar-refractivity contribution in [3.8, 4) is 0 Å². The van der Waals surface area contributed by atoms with E-state index in [4.69, 9.17) is 16.1 Å². The van der Waals surface area contributed by atoms with Crippen molar-refractivity contribution in [1.82, 2.24) is 10.1 Å². The van der Waals surface area contributed by atoms with Gasteiger partial charge in [-0.3, -0.25) is 0 Å². The summed E-state index contributed by atoms with van der Waals surface area (Å²) in [4.78, 5) is 2.36. The number of halogens is 5. The van der Waals surface area contributed by atoms with Crippen LogP contribution in [0.25, 0.3) is 0 Å². The summed E-state index contributed by atoms with van der Waals surface area (Å²) in [6.45, 7) is 0. The van der Waals surface area contributed by atoms with Crippen LogP contribution in [0, 0.1) is 5.82 Å². The highest BCUT2D eigenvalue weighted by Crippen LogP contribution is 2.39. The summed E-state index contributed by atoms with van der Waals surface area (Å²) in [5.74, 6) is 0.00682. The van der Waals surface area contributed by atoms with Crippen LogP contribution in [0.1, 0.15) is 36.3 Å². The van der Waals surface area contributed by atoms with Gasteiger partial charge >= 0.3 is 6.18 Å². The zero-order valence-electron chi connectivity index (χ0n) is 19.1. The second-order valence-corrected chi connectivity index (χ2v) is 10.0. The molecule has 35 heavy (non-hydrogen) atoms. The Bertz CT molecular complexity index is 1140. The van der Waals surface area contributed by atoms with Crippen LogP contribution in [0.4, 0.5) is 29.1 Å². The van der Waals surface area contributed by atoms with Gasteiger partial charge in [-0.2, -0.15) is 13.2 Å². The minimum atomic E-state index is -4.37. The van der Waals surface area contributed by atoms with Crippen LogP contribution < -0.4 is 10.0 Å². The summed E-state index contributed by atoms with van der Waals surface area (Å²) >= 11 is 7.50. The Morgan fingerprint density at radius 1 is 1.14 bits per heavy atom. The molecule has 1 aliphatic rings. The van der Waals surface area contributed by atoms with Crippen LogP contribution in [-0.2, 0) is 6.18 Å². The van der Waals surface area contributed by atoms with Crippen molar-refractivity contribution in [2.24, 2.45) is 0 Å². The van der Waals surface area contributed by atoms with E-state index < -0.39 is 17.6 Å². The van der Waals surface area contributed by atoms with Crippen LogP contribution in [0.3, 0.4) is 0 Å². The fraction of sp³-hybridized carbons (Fsp3) is 0.375. The molecule has 1 unspecified atom stereocenters. The maximum atomic E-state index is 14.8. The number of anilines is 2. The predicted octanol–water partition coefficient (Wildman–Crippen LogP) is 7.28. The molecule has 0 aliphatic heterocycles. The van der Waals surface area contributed by atoms with E-state index >= 15 is 0 Å². The van der Waals surface area contributed by atoms with Gasteiger partial charge < -0.3 is 19.5 Å². The molecule has 5 nitrogen and oxygen atoms in total. The van der Waals surface area contributed by atoms with Crippen molar-refractivity contribution in [2.75, 3.05) is 24.1 Å². The van der Waals surface area contributed by atoms with Crippen molar-refractivity contribution < 1.29 is 22.1 Å². The summed E-state index contributed by atoms with van der Waals surface area (Å²) in [5.41, 5.74) is 0.537. The second-order valence-electron chi connectivity index (χ2n) is 8.77. The first-order valence-electron chi connectivity index (χ1n) is 11.0. The molecule has 1 aliphatic carbocycles. The zero-order valence-corrected chi connectivity index (χ0v) is 20.6. The van der Waals surface area contributed by atoms with Crippen LogP contribution in [0.5, 0.6) is 0 Å². The topological polar surface area (TPSA) is 53.3 Å². The molecule has 3 aromatic rings. The Kier molecular flexibility index (Phi) is 7.83. The molecule has 0 bridgehead atoms. The molecule has 1 heterocycles. The van der Waals surface area contributed by atoms with Crippen LogP contribution in [-0.4, -0.2) is 36.2 Å². The molecular formula is C24H25ClF4N4OS. The van der Waals surface area contributed by atoms with E-state index in [0.29, 0.717) is 46.2 Å². The van der Waals surface area contributed by atoms with Gasteiger partial charge in [-0.1, -0.05) is 35.0 Å². The lowest BCUT2D eigenvalue weighted by atomic mass is 9.78. The normalized spacial score (nSPS) is 20.7. The van der Waals surface area contributed by atoms with E-state index in [-0.39, 0.29) is 18.0 Å². The van der Waals surface area contributed by atoms with E-state index in [1.807, 2.05) is 19.0 Å². The van der Waals surface area contributed by atoms with Crippen LogP contribution >= 0.6 is 23.5 Å². The Hall–Kier alpha value is -2.43. The Morgan fingerprint density at radius 2 is 1.94 bits per heavy atom. The Balaban J connectivity index is 1.46. The van der Waals surface area contributed by atoms with E-state index in [1.165, 1.54) is 30.5 Å². The molecule has 11 heteroatoms. The molecule has 0 radical (unpaired) electrons. The summed E-state index contributed by atoms with van der Waals surface area (Å²) < 4.78 is 62.0. The monoisotopic (exact) mass is 528 g/mol. The molecule has 1 saturated carbocycles. The first kappa shape index (κ1) is 25.7. The average Bonchev–Trinajstić information content (AvgIpc) is 3.33. The van der Waals surface area contributed by atoms with E-state index in [0.717, 1.165) is 18.0 Å². The quantitative estimate of drug-likeness (QED) is 0.248. The minimum Gasteiger partial charge on any atom is -0.379 e. The van der Waals surface area contributed by atoms with Crippen LogP contribution in [0.2, 0.25) is 5.02 Å². The van der Waals surface area contributed by atoms with Gasteiger partial charge in [0.15, 0.2) is 5.82 Å². The van der Waals surface area contributed by atoms with Gasteiger partial charge in [-0.05, 0) is 75.0 Å². The van der Waals surface area contributed by atoms with Gasteiger partial charge in [0.05, 0.1) is 21.2 Å². The highest BCUT2D eigenvalue weighted by Gasteiger charge is 2.35. The lowest BCUT2D eigenvalue weighted by Gasteiger charge is -2.41. The van der Waals surface area contributed by atoms with Gasteiger partial charge in [0, 0.05) is 18.2 Å². The number of hydrogen-bond acceptors (Lipinski definition) is 6. The fourth-order valence-electron chi connectivity index (χ4n) is 4.45. The summed E-state index contributed by atoms with van der Waals surface area (Å²) in [6, 6.07) is 10.1. The largest absolute Gasteiger partial charge is 0.416 e. The van der Waals surface area contributed by atoms with Gasteiger partial charge in [-0.25, -0.2) is 4.39 Å². The smallest absolute Gasteiger partial charge is 0.379 e. The van der Waals surface area contributed by atoms with Crippen molar-refractivity contribution in [1.29, 1.82) is 0 Å². The third-order valence-corrected chi connectivity index (χ3v) is 7.39. The molecule has 1 aromatic heterocycles. The maximum Gasteiger partial charge on any atom is 0.416 e. The molecule has 188 valence electrons. The molecule has 2 N–H and O–H groups in total. The lowest BCUT2D eigenvalue weighted by Crippen LogP contribution is -2.47. The number of hydrogen-bond donors (Lipinski definition) is 2. The first-order valence-corrected chi connectivity index (χ1v) is 12.2. The van der Waals surface area contributed by atoms with Crippen molar-refractivity contribution >= 4 is 35.1 Å². The Labute approximate surface area is 210 Å². The standard InChI is InChI=1S/C24H25ClF4N4OS/c1-33(2)21-11-15(14-4-3-5-16(10-14)24(27,28)29)6-7-19(21)30-20-13-18(26)22(12-17(20)25)35-32-23-8-9-34-31-23/h3-5,8-10,12-13,15,19,21,30H,6-7,11H2,1-2H3,(H,31,32)/t15-,19+,21?/m1/s1. The van der Waals surface area contributed by atoms with Crippen molar-refractivity contribution in [3.05, 3.63) is 70.7 Å². The first-order chi connectivity index (χ1) is 16.6. The Morgan fingerprint density at radius 3 is 2.63 bits per heavy atom. The zero-order chi connectivity index (χ0) is 25.2. The highest BCUT2D eigenvalue weighted by molar-refractivity contribution is 8.00. The molecule has 2 aromatic carbocycles. The molecule has 0 spiro atoms. The van der Waals surface area contributed by atoms with Gasteiger partial charge in [-0.15, -0.1) is 0 Å². The summed E-state index contributed by atoms with van der Waals surface area (Å²) in [7, 11) is 3.87. The molecule has 0 saturated heterocycles. The highest BCUT2D eigenvalue weighted by atomic mass is 35.5. The molecule has 3 atom stereocenters. The number of likely N-dealkylation sites (N-methyl/N-ethyl adjacent to an activating group) is 1. The third-order valence-electron chi connectivity index (χ3n) is 6.23. The number of alkyl halides is 3. The number of nitrogens with zero attached hydrogens (tertiary/aromatic N) is 2. The molecule has 0 amide bonds. The average molecular weight is 529 g/mol. The van der Waals surface area contributed by atoms with E-state index in [9.17, 15) is 17.6 Å². The third kappa shape index (κ3) is 6.23. The maximum absolute atomic E-state index is 14.8. The van der Waals surface area contributed by atoms with Crippen LogP contribution in [0.15, 0.2) is 58.1 Å². The predicted molar refractivity (Wildman–Crippen MR) is 130 cm³/mol. The van der Waals surface area contributed by atoms with E-state index in [1.54, 1.807) is 12.1 Å². The van der Waals surface area contributed by atoms with Gasteiger partial charge in [0.25, 0.3) is 0 Å². The van der Waals surface area contributed by atoms with Gasteiger partial charge in [0.1, 0.15) is 12.1 Å². The van der Waals surface area contributed by atoms with Gasteiger partial charge in [0.2, 0.25) is 0 Å². The summed E-state index contributed by atoms with van der Waals surface area (Å²) in [6.07, 6.45) is -0.889. The number of aromatic nitrogens is 1. The van der Waals surface area contributed by atoms with Crippen molar-refractivity contribution in [3.63, 3.8) is 0 Å². The molecule has 1 fully saturated rings. The molecule has 4 rings (SSSR count). The fourth-order valence-corrected chi connectivity index (χ4v) is 5.38. The number of rotatable bonds is 7. The van der Waals surface area contributed by atoms with Crippen molar-refractivity contribution in [2.45, 2.75) is 48.3 Å². The SMILES string of the molecule is CN(C)C1C[C@H](c2cccc(C(F)(F)F)c2)CC[C@@H]1Nc1cc(F)c(SNc2ccon2)cc1Cl. The number of benzene rings is 2. The minimum absolute atomic E-state index is 0.00339.